The fraction of sp³-hybridized carbons (Fsp3) is 0.176. The van der Waals surface area contributed by atoms with Crippen LogP contribution in [0.5, 0.6) is 0 Å². The Morgan fingerprint density at radius 1 is 1.09 bits per heavy atom. The molecular formula is C17H18N2O2S. The van der Waals surface area contributed by atoms with Crippen molar-refractivity contribution < 1.29 is 9.53 Å². The van der Waals surface area contributed by atoms with Gasteiger partial charge >= 0.3 is 5.97 Å². The summed E-state index contributed by atoms with van der Waals surface area (Å²) in [7, 11) is 0. The van der Waals surface area contributed by atoms with E-state index in [1.165, 1.54) is 0 Å². The number of carbonyl (C=O) groups excluding carboxylic acids is 1. The van der Waals surface area contributed by atoms with Gasteiger partial charge in [-0.15, -0.1) is 0 Å². The van der Waals surface area contributed by atoms with Crippen LogP contribution in [0, 0.1) is 0 Å². The zero-order valence-electron chi connectivity index (χ0n) is 12.3. The molecule has 0 fully saturated rings. The molecule has 0 radical (unpaired) electrons. The van der Waals surface area contributed by atoms with E-state index in [0.29, 0.717) is 29.5 Å². The highest BCUT2D eigenvalue weighted by molar-refractivity contribution is 7.80. The average molecular weight is 314 g/mol. The first-order valence-corrected chi connectivity index (χ1v) is 7.46. The highest BCUT2D eigenvalue weighted by atomic mass is 32.1. The third kappa shape index (κ3) is 4.56. The van der Waals surface area contributed by atoms with E-state index < -0.39 is 0 Å². The van der Waals surface area contributed by atoms with E-state index in [2.05, 4.69) is 10.6 Å². The molecule has 0 aliphatic carbocycles. The predicted molar refractivity (Wildman–Crippen MR) is 91.9 cm³/mol. The van der Waals surface area contributed by atoms with Crippen LogP contribution in [-0.2, 0) is 11.3 Å². The Kier molecular flexibility index (Phi) is 5.91. The largest absolute Gasteiger partial charge is 0.462 e. The zero-order valence-corrected chi connectivity index (χ0v) is 13.2. The summed E-state index contributed by atoms with van der Waals surface area (Å²) in [5, 5.41) is 6.61. The van der Waals surface area contributed by atoms with Gasteiger partial charge in [0.05, 0.1) is 17.9 Å². The van der Waals surface area contributed by atoms with Crippen LogP contribution in [0.4, 0.5) is 5.69 Å². The molecule has 2 rings (SSSR count). The molecule has 0 atom stereocenters. The molecule has 0 aliphatic rings. The minimum atomic E-state index is -0.364. The molecule has 4 nitrogen and oxygen atoms in total. The van der Waals surface area contributed by atoms with Gasteiger partial charge < -0.3 is 15.4 Å². The van der Waals surface area contributed by atoms with Crippen LogP contribution in [0.15, 0.2) is 54.6 Å². The molecule has 0 saturated heterocycles. The Morgan fingerprint density at radius 3 is 2.50 bits per heavy atom. The van der Waals surface area contributed by atoms with Crippen molar-refractivity contribution in [2.75, 3.05) is 11.9 Å². The van der Waals surface area contributed by atoms with E-state index in [0.717, 1.165) is 5.56 Å². The second kappa shape index (κ2) is 8.14. The van der Waals surface area contributed by atoms with Crippen LogP contribution in [0.25, 0.3) is 0 Å². The van der Waals surface area contributed by atoms with E-state index >= 15 is 0 Å². The Labute approximate surface area is 135 Å². The van der Waals surface area contributed by atoms with Crippen LogP contribution in [-0.4, -0.2) is 17.7 Å². The zero-order chi connectivity index (χ0) is 15.8. The van der Waals surface area contributed by atoms with Gasteiger partial charge in [-0.25, -0.2) is 4.79 Å². The quantitative estimate of drug-likeness (QED) is 0.655. The maximum Gasteiger partial charge on any atom is 0.340 e. The minimum Gasteiger partial charge on any atom is -0.462 e. The standard InChI is InChI=1S/C17H18N2O2S/c1-2-21-16(20)14-10-6-7-11-15(14)19-17(22)18-12-13-8-4-3-5-9-13/h3-11H,2,12H2,1H3,(H2,18,19,22). The van der Waals surface area contributed by atoms with Gasteiger partial charge in [-0.2, -0.15) is 0 Å². The Bertz CT molecular complexity index is 644. The molecule has 2 aromatic rings. The van der Waals surface area contributed by atoms with Crippen molar-refractivity contribution in [2.45, 2.75) is 13.5 Å². The SMILES string of the molecule is CCOC(=O)c1ccccc1NC(=S)NCc1ccccc1. The number of nitrogens with one attached hydrogen (secondary N) is 2. The second-order valence-electron chi connectivity index (χ2n) is 4.56. The van der Waals surface area contributed by atoms with Crippen LogP contribution < -0.4 is 10.6 Å². The molecule has 0 bridgehead atoms. The van der Waals surface area contributed by atoms with E-state index in [1.807, 2.05) is 36.4 Å². The summed E-state index contributed by atoms with van der Waals surface area (Å²) >= 11 is 5.27. The lowest BCUT2D eigenvalue weighted by molar-refractivity contribution is 0.0527. The number of benzene rings is 2. The van der Waals surface area contributed by atoms with Crippen molar-refractivity contribution in [1.82, 2.24) is 5.32 Å². The molecule has 0 aromatic heterocycles. The summed E-state index contributed by atoms with van der Waals surface area (Å²) in [6.45, 7) is 2.73. The van der Waals surface area contributed by atoms with Gasteiger partial charge in [-0.3, -0.25) is 0 Å². The monoisotopic (exact) mass is 314 g/mol. The molecule has 0 spiro atoms. The third-order valence-corrected chi connectivity index (χ3v) is 3.21. The first-order chi connectivity index (χ1) is 10.7. The Balaban J connectivity index is 1.98. The van der Waals surface area contributed by atoms with Crippen LogP contribution in [0.3, 0.4) is 0 Å². The second-order valence-corrected chi connectivity index (χ2v) is 4.97. The van der Waals surface area contributed by atoms with Gasteiger partial charge in [-0.1, -0.05) is 42.5 Å². The highest BCUT2D eigenvalue weighted by Gasteiger charge is 2.12. The van der Waals surface area contributed by atoms with E-state index in [4.69, 9.17) is 17.0 Å². The highest BCUT2D eigenvalue weighted by Crippen LogP contribution is 2.16. The lowest BCUT2D eigenvalue weighted by Crippen LogP contribution is -2.28. The normalized spacial score (nSPS) is 9.86. The van der Waals surface area contributed by atoms with Crippen LogP contribution in [0.1, 0.15) is 22.8 Å². The molecule has 0 saturated carbocycles. The molecular weight excluding hydrogens is 296 g/mol. The van der Waals surface area contributed by atoms with Crippen molar-refractivity contribution in [3.63, 3.8) is 0 Å². The molecule has 5 heteroatoms. The fourth-order valence-electron chi connectivity index (χ4n) is 1.92. The topological polar surface area (TPSA) is 50.4 Å². The molecule has 0 unspecified atom stereocenters. The lowest BCUT2D eigenvalue weighted by atomic mass is 10.2. The minimum absolute atomic E-state index is 0.337. The number of hydrogen-bond acceptors (Lipinski definition) is 3. The van der Waals surface area contributed by atoms with E-state index in [9.17, 15) is 4.79 Å². The molecule has 0 amide bonds. The molecule has 0 aliphatic heterocycles. The number of anilines is 1. The van der Waals surface area contributed by atoms with E-state index in [-0.39, 0.29) is 5.97 Å². The number of hydrogen-bond donors (Lipinski definition) is 2. The first-order valence-electron chi connectivity index (χ1n) is 7.05. The van der Waals surface area contributed by atoms with Gasteiger partial charge in [0, 0.05) is 6.54 Å². The van der Waals surface area contributed by atoms with Gasteiger partial charge in [0.2, 0.25) is 0 Å². The van der Waals surface area contributed by atoms with Crippen molar-refractivity contribution in [3.05, 3.63) is 65.7 Å². The maximum atomic E-state index is 11.9. The summed E-state index contributed by atoms with van der Waals surface area (Å²) in [6.07, 6.45) is 0. The number of esters is 1. The summed E-state index contributed by atoms with van der Waals surface area (Å²) in [5.74, 6) is -0.364. The van der Waals surface area contributed by atoms with Crippen molar-refractivity contribution in [2.24, 2.45) is 0 Å². The van der Waals surface area contributed by atoms with Crippen LogP contribution in [0.2, 0.25) is 0 Å². The number of carbonyl (C=O) groups is 1. The molecule has 114 valence electrons. The van der Waals surface area contributed by atoms with Gasteiger partial charge in [0.15, 0.2) is 5.11 Å². The van der Waals surface area contributed by atoms with Crippen LogP contribution >= 0.6 is 12.2 Å². The summed E-state index contributed by atoms with van der Waals surface area (Å²) in [4.78, 5) is 11.9. The van der Waals surface area contributed by atoms with Crippen molar-refractivity contribution >= 4 is 29.0 Å². The smallest absolute Gasteiger partial charge is 0.340 e. The lowest BCUT2D eigenvalue weighted by Gasteiger charge is -2.13. The summed E-state index contributed by atoms with van der Waals surface area (Å²) < 4.78 is 5.04. The number of ether oxygens (including phenoxy) is 1. The van der Waals surface area contributed by atoms with Gasteiger partial charge in [-0.05, 0) is 36.8 Å². The number of thiocarbonyl (C=S) groups is 1. The third-order valence-electron chi connectivity index (χ3n) is 2.97. The fourth-order valence-corrected chi connectivity index (χ4v) is 2.11. The average Bonchev–Trinajstić information content (AvgIpc) is 2.54. The Hall–Kier alpha value is -2.40. The first kappa shape index (κ1) is 16.0. The summed E-state index contributed by atoms with van der Waals surface area (Å²) in [5.41, 5.74) is 2.23. The molecule has 2 N–H and O–H groups in total. The van der Waals surface area contributed by atoms with Gasteiger partial charge in [0.1, 0.15) is 0 Å². The summed E-state index contributed by atoms with van der Waals surface area (Å²) in [6, 6.07) is 17.1. The maximum absolute atomic E-state index is 11.9. The molecule has 0 heterocycles. The number of para-hydroxylation sites is 1. The van der Waals surface area contributed by atoms with Crippen molar-refractivity contribution in [1.29, 1.82) is 0 Å². The molecule has 22 heavy (non-hydrogen) atoms. The van der Waals surface area contributed by atoms with Gasteiger partial charge in [0.25, 0.3) is 0 Å². The predicted octanol–water partition coefficient (Wildman–Crippen LogP) is 3.35. The Morgan fingerprint density at radius 2 is 1.77 bits per heavy atom. The number of rotatable bonds is 5. The van der Waals surface area contributed by atoms with Crippen molar-refractivity contribution in [3.8, 4) is 0 Å². The van der Waals surface area contributed by atoms with E-state index in [1.54, 1.807) is 25.1 Å². The molecule has 2 aromatic carbocycles.